The maximum Gasteiger partial charge on any atom is 0.254 e. The number of halogens is 2. The van der Waals surface area contributed by atoms with E-state index in [-0.39, 0.29) is 29.7 Å². The summed E-state index contributed by atoms with van der Waals surface area (Å²) in [5, 5.41) is 8.34. The van der Waals surface area contributed by atoms with Gasteiger partial charge in [0.1, 0.15) is 12.4 Å². The first kappa shape index (κ1) is 25.8. The summed E-state index contributed by atoms with van der Waals surface area (Å²) in [6.07, 6.45) is 0. The molecule has 6 nitrogen and oxygen atoms in total. The van der Waals surface area contributed by atoms with Crippen molar-refractivity contribution in [3.63, 3.8) is 0 Å². The molecule has 0 saturated carbocycles. The Bertz CT molecular complexity index is 1170. The molecule has 1 N–H and O–H groups in total. The molecule has 1 aromatic heterocycles. The van der Waals surface area contributed by atoms with Gasteiger partial charge in [-0.05, 0) is 36.2 Å². The molecule has 0 saturated heterocycles. The molecule has 0 unspecified atom stereocenters. The molecule has 8 heteroatoms. The third-order valence-electron chi connectivity index (χ3n) is 5.12. The molecule has 0 fully saturated rings. The summed E-state index contributed by atoms with van der Waals surface area (Å²) >= 11 is 12.1. The molecule has 3 aromatic rings. The lowest BCUT2D eigenvalue weighted by molar-refractivity contribution is -0.117. The number of rotatable bonds is 7. The van der Waals surface area contributed by atoms with Crippen LogP contribution in [0.4, 0.5) is 5.82 Å². The highest BCUT2D eigenvalue weighted by Gasteiger charge is 2.24. The maximum absolute atomic E-state index is 13.2. The first-order valence-electron chi connectivity index (χ1n) is 11.2. The molecule has 0 spiro atoms. The van der Waals surface area contributed by atoms with Crippen molar-refractivity contribution in [3.8, 4) is 5.69 Å². The fourth-order valence-electron chi connectivity index (χ4n) is 3.43. The van der Waals surface area contributed by atoms with Crippen molar-refractivity contribution < 1.29 is 9.59 Å². The van der Waals surface area contributed by atoms with E-state index in [0.717, 1.165) is 11.4 Å². The smallest absolute Gasteiger partial charge is 0.254 e. The van der Waals surface area contributed by atoms with Crippen molar-refractivity contribution in [1.82, 2.24) is 14.7 Å². The van der Waals surface area contributed by atoms with Gasteiger partial charge in [0.2, 0.25) is 5.91 Å². The van der Waals surface area contributed by atoms with Crippen LogP contribution in [0.1, 0.15) is 50.7 Å². The van der Waals surface area contributed by atoms with Gasteiger partial charge in [-0.3, -0.25) is 9.59 Å². The third kappa shape index (κ3) is 6.39. The van der Waals surface area contributed by atoms with E-state index in [1.807, 2.05) is 50.2 Å². The van der Waals surface area contributed by atoms with E-state index in [9.17, 15) is 9.59 Å². The Morgan fingerprint density at radius 3 is 2.29 bits per heavy atom. The monoisotopic (exact) mass is 500 g/mol. The Labute approximate surface area is 210 Å². The van der Waals surface area contributed by atoms with Crippen LogP contribution in [0.3, 0.4) is 0 Å². The fourth-order valence-corrected chi connectivity index (χ4v) is 3.73. The van der Waals surface area contributed by atoms with Crippen LogP contribution in [-0.4, -0.2) is 39.6 Å². The topological polar surface area (TPSA) is 67.2 Å². The molecule has 2 aromatic carbocycles. The molecule has 1 heterocycles. The minimum atomic E-state index is -0.313. The predicted molar refractivity (Wildman–Crippen MR) is 138 cm³/mol. The largest absolute Gasteiger partial charge is 0.329 e. The van der Waals surface area contributed by atoms with Crippen molar-refractivity contribution in [2.75, 3.05) is 18.4 Å². The quantitative estimate of drug-likeness (QED) is 0.418. The van der Waals surface area contributed by atoms with Crippen LogP contribution >= 0.6 is 23.2 Å². The van der Waals surface area contributed by atoms with Crippen LogP contribution < -0.4 is 5.32 Å². The van der Waals surface area contributed by atoms with Crippen molar-refractivity contribution in [3.05, 3.63) is 75.9 Å². The number of hydrogen-bond donors (Lipinski definition) is 1. The number of anilines is 1. The predicted octanol–water partition coefficient (Wildman–Crippen LogP) is 6.21. The number of hydrogen-bond acceptors (Lipinski definition) is 3. The lowest BCUT2D eigenvalue weighted by Crippen LogP contribution is -2.40. The van der Waals surface area contributed by atoms with Gasteiger partial charge >= 0.3 is 0 Å². The van der Waals surface area contributed by atoms with Gasteiger partial charge < -0.3 is 10.2 Å². The number of amides is 2. The molecular formula is C26H30Cl2N4O2. The molecule has 0 aliphatic rings. The Hall–Kier alpha value is -2.83. The normalized spacial score (nSPS) is 11.5. The highest BCUT2D eigenvalue weighted by molar-refractivity contribution is 6.42. The minimum Gasteiger partial charge on any atom is -0.329 e. The average Bonchev–Trinajstić information content (AvgIpc) is 3.19. The molecule has 0 atom stereocenters. The van der Waals surface area contributed by atoms with E-state index in [1.54, 1.807) is 16.8 Å². The van der Waals surface area contributed by atoms with Crippen LogP contribution in [0.5, 0.6) is 0 Å². The number of carbonyl (C=O) groups excluding carboxylic acids is 2. The lowest BCUT2D eigenvalue weighted by atomic mass is 9.92. The summed E-state index contributed by atoms with van der Waals surface area (Å²) < 4.78 is 1.71. The molecule has 180 valence electrons. The molecule has 0 bridgehead atoms. The van der Waals surface area contributed by atoms with Crippen LogP contribution in [0.15, 0.2) is 54.6 Å². The van der Waals surface area contributed by atoms with Gasteiger partial charge in [0.25, 0.3) is 5.91 Å². The Morgan fingerprint density at radius 2 is 1.71 bits per heavy atom. The standard InChI is InChI=1S/C26H30Cl2N4O2/c1-17(2)15-31(25(34)18-11-12-20(27)21(28)13-18)16-24(33)29-23-14-22(26(3,4)5)30-32(23)19-9-7-6-8-10-19/h6-14,17H,15-16H2,1-5H3,(H,29,33). The van der Waals surface area contributed by atoms with Gasteiger partial charge in [-0.15, -0.1) is 0 Å². The second kappa shape index (κ2) is 10.6. The first-order valence-corrected chi connectivity index (χ1v) is 11.9. The Kier molecular flexibility index (Phi) is 8.05. The van der Waals surface area contributed by atoms with Crippen LogP contribution in [0.2, 0.25) is 10.0 Å². The molecule has 3 rings (SSSR count). The summed E-state index contributed by atoms with van der Waals surface area (Å²) in [4.78, 5) is 27.8. The van der Waals surface area contributed by atoms with Crippen molar-refractivity contribution in [2.45, 2.75) is 40.0 Å². The maximum atomic E-state index is 13.2. The number of carbonyl (C=O) groups is 2. The number of nitrogens with one attached hydrogen (secondary N) is 1. The van der Waals surface area contributed by atoms with E-state index in [1.165, 1.54) is 11.0 Å². The van der Waals surface area contributed by atoms with Crippen LogP contribution in [0.25, 0.3) is 5.69 Å². The summed E-state index contributed by atoms with van der Waals surface area (Å²) in [6, 6.07) is 16.2. The molecular weight excluding hydrogens is 471 g/mol. The van der Waals surface area contributed by atoms with Crippen molar-refractivity contribution >= 4 is 40.8 Å². The van der Waals surface area contributed by atoms with E-state index in [2.05, 4.69) is 26.1 Å². The van der Waals surface area contributed by atoms with E-state index in [4.69, 9.17) is 28.3 Å². The zero-order valence-corrected chi connectivity index (χ0v) is 21.6. The Balaban J connectivity index is 1.86. The minimum absolute atomic E-state index is 0.109. The highest BCUT2D eigenvalue weighted by atomic mass is 35.5. The van der Waals surface area contributed by atoms with E-state index < -0.39 is 0 Å². The average molecular weight is 501 g/mol. The fraction of sp³-hybridized carbons (Fsp3) is 0.346. The first-order chi connectivity index (χ1) is 16.0. The van der Waals surface area contributed by atoms with Gasteiger partial charge in [-0.2, -0.15) is 5.10 Å². The molecule has 2 amide bonds. The van der Waals surface area contributed by atoms with Crippen molar-refractivity contribution in [2.24, 2.45) is 5.92 Å². The summed E-state index contributed by atoms with van der Waals surface area (Å²) in [6.45, 7) is 10.5. The summed E-state index contributed by atoms with van der Waals surface area (Å²) in [5.74, 6) is 0.121. The molecule has 34 heavy (non-hydrogen) atoms. The van der Waals surface area contributed by atoms with Gasteiger partial charge in [0.15, 0.2) is 0 Å². The van der Waals surface area contributed by atoms with E-state index in [0.29, 0.717) is 28.0 Å². The third-order valence-corrected chi connectivity index (χ3v) is 5.86. The number of benzene rings is 2. The molecule has 0 aliphatic carbocycles. The lowest BCUT2D eigenvalue weighted by Gasteiger charge is -2.24. The zero-order valence-electron chi connectivity index (χ0n) is 20.1. The highest BCUT2D eigenvalue weighted by Crippen LogP contribution is 2.27. The number of aromatic nitrogens is 2. The second-order valence-corrected chi connectivity index (χ2v) is 10.5. The van der Waals surface area contributed by atoms with Gasteiger partial charge in [-0.25, -0.2) is 4.68 Å². The molecule has 0 radical (unpaired) electrons. The van der Waals surface area contributed by atoms with Gasteiger partial charge in [0, 0.05) is 23.6 Å². The second-order valence-electron chi connectivity index (χ2n) is 9.67. The van der Waals surface area contributed by atoms with Crippen LogP contribution in [-0.2, 0) is 10.2 Å². The molecule has 0 aliphatic heterocycles. The SMILES string of the molecule is CC(C)CN(CC(=O)Nc1cc(C(C)(C)C)nn1-c1ccccc1)C(=O)c1ccc(Cl)c(Cl)c1. The number of nitrogens with zero attached hydrogens (tertiary/aromatic N) is 3. The number of para-hydroxylation sites is 1. The van der Waals surface area contributed by atoms with E-state index >= 15 is 0 Å². The summed E-state index contributed by atoms with van der Waals surface area (Å²) in [7, 11) is 0. The van der Waals surface area contributed by atoms with Crippen LogP contribution in [0, 0.1) is 5.92 Å². The van der Waals surface area contributed by atoms with Gasteiger partial charge in [-0.1, -0.05) is 76.0 Å². The summed E-state index contributed by atoms with van der Waals surface area (Å²) in [5.41, 5.74) is 1.86. The zero-order chi connectivity index (χ0) is 25.0. The van der Waals surface area contributed by atoms with Crippen molar-refractivity contribution in [1.29, 1.82) is 0 Å². The Morgan fingerprint density at radius 1 is 1.03 bits per heavy atom. The van der Waals surface area contributed by atoms with Gasteiger partial charge in [0.05, 0.1) is 21.4 Å².